The molecule has 0 fully saturated rings. The number of hydrogen-bond acceptors (Lipinski definition) is 1. The molecule has 1 aliphatic heterocycles. The molecule has 6 heterocycles. The van der Waals surface area contributed by atoms with Crippen molar-refractivity contribution in [3.05, 3.63) is 303 Å². The van der Waals surface area contributed by atoms with Crippen molar-refractivity contribution in [3.8, 4) is 39.6 Å². The minimum atomic E-state index is 0.649. The van der Waals surface area contributed by atoms with Crippen LogP contribution in [0.25, 0.3) is 132 Å². The summed E-state index contributed by atoms with van der Waals surface area (Å²) in [6.45, 7) is 0.649. The Labute approximate surface area is 473 Å². The van der Waals surface area contributed by atoms with Gasteiger partial charge >= 0.3 is 0 Å². The third-order valence-electron chi connectivity index (χ3n) is 16.5. The molecule has 6 nitrogen and oxygen atoms in total. The number of rotatable bonds is 5. The Bertz CT molecular complexity index is 4750. The summed E-state index contributed by atoms with van der Waals surface area (Å²) < 4.78 is 17.1. The number of benzene rings is 12. The first kappa shape index (κ1) is 47.1. The van der Waals surface area contributed by atoms with E-state index < -0.39 is 0 Å². The third kappa shape index (κ3) is 7.68. The fourth-order valence-electron chi connectivity index (χ4n) is 12.8. The van der Waals surface area contributed by atoms with E-state index in [9.17, 15) is 0 Å². The van der Waals surface area contributed by atoms with Gasteiger partial charge in [-0.2, -0.15) is 4.57 Å². The van der Waals surface area contributed by atoms with Crippen LogP contribution in [-0.2, 0) is 6.73 Å². The van der Waals surface area contributed by atoms with Crippen molar-refractivity contribution < 1.29 is 9.30 Å². The molecule has 0 amide bonds. The average molecular weight is 1050 g/mol. The van der Waals surface area contributed by atoms with E-state index in [0.717, 1.165) is 5.75 Å². The lowest BCUT2D eigenvalue weighted by Crippen LogP contribution is -2.31. The van der Waals surface area contributed by atoms with Crippen LogP contribution in [0.1, 0.15) is 0 Å². The van der Waals surface area contributed by atoms with Crippen molar-refractivity contribution in [1.29, 1.82) is 0 Å². The lowest BCUT2D eigenvalue weighted by Gasteiger charge is -2.12. The molecule has 0 saturated carbocycles. The molecule has 17 aromatic rings. The Morgan fingerprint density at radius 1 is 0.256 bits per heavy atom. The summed E-state index contributed by atoms with van der Waals surface area (Å²) in [6, 6.07) is 106. The van der Waals surface area contributed by atoms with Gasteiger partial charge in [0.1, 0.15) is 0 Å². The van der Waals surface area contributed by atoms with Crippen LogP contribution in [-0.4, -0.2) is 18.3 Å². The first-order valence-electron chi connectivity index (χ1n) is 28.0. The smallest absolute Gasteiger partial charge is 0.293 e. The van der Waals surface area contributed by atoms with Gasteiger partial charge in [-0.1, -0.05) is 182 Å². The van der Waals surface area contributed by atoms with Gasteiger partial charge in [-0.15, -0.1) is 0 Å². The highest BCUT2D eigenvalue weighted by molar-refractivity contribution is 6.12. The van der Waals surface area contributed by atoms with Crippen LogP contribution in [0, 0.1) is 0 Å². The van der Waals surface area contributed by atoms with Crippen LogP contribution in [0.3, 0.4) is 0 Å². The van der Waals surface area contributed by atoms with Crippen molar-refractivity contribution >= 4 is 98.1 Å². The summed E-state index contributed by atoms with van der Waals surface area (Å²) in [5.41, 5.74) is 18.2. The number of aromatic nitrogens is 5. The number of para-hydroxylation sites is 9. The van der Waals surface area contributed by atoms with E-state index in [0.29, 0.717) is 6.73 Å². The highest BCUT2D eigenvalue weighted by atomic mass is 16.5. The molecule has 0 bridgehead atoms. The average Bonchev–Trinajstić information content (AvgIpc) is 4.56. The van der Waals surface area contributed by atoms with E-state index in [1.807, 2.05) is 24.4 Å². The molecule has 0 N–H and O–H groups in total. The van der Waals surface area contributed by atoms with Gasteiger partial charge in [0.05, 0.1) is 49.5 Å². The van der Waals surface area contributed by atoms with Crippen molar-refractivity contribution in [1.82, 2.24) is 18.3 Å². The summed E-state index contributed by atoms with van der Waals surface area (Å²) in [5, 5.41) is 11.5. The minimum absolute atomic E-state index is 0.649. The minimum Gasteiger partial charge on any atom is -0.429 e. The highest BCUT2D eigenvalue weighted by Crippen LogP contribution is 2.38. The van der Waals surface area contributed by atoms with Crippen LogP contribution < -0.4 is 9.30 Å². The quantitative estimate of drug-likeness (QED) is 0.158. The maximum absolute atomic E-state index is 5.48. The van der Waals surface area contributed by atoms with Crippen molar-refractivity contribution in [2.24, 2.45) is 0 Å². The lowest BCUT2D eigenvalue weighted by molar-refractivity contribution is -0.688. The van der Waals surface area contributed by atoms with E-state index in [4.69, 9.17) is 4.74 Å². The molecular formula is C76H52N5O+. The maximum atomic E-state index is 5.48. The summed E-state index contributed by atoms with van der Waals surface area (Å²) in [7, 11) is 0. The zero-order valence-electron chi connectivity index (χ0n) is 44.7. The fraction of sp³-hybridized carbons (Fsp3) is 0.0132. The summed E-state index contributed by atoms with van der Waals surface area (Å²) in [4.78, 5) is 0. The molecule has 0 unspecified atom stereocenters. The molecule has 0 atom stereocenters. The Hall–Kier alpha value is -11.0. The number of ether oxygens (including phenoxy) is 1. The van der Waals surface area contributed by atoms with Gasteiger partial charge < -0.3 is 23.0 Å². The Balaban J connectivity index is 0.000000113. The summed E-state index contributed by atoms with van der Waals surface area (Å²) in [6.07, 6.45) is 2.04. The predicted molar refractivity (Wildman–Crippen MR) is 340 cm³/mol. The molecule has 0 aliphatic carbocycles. The van der Waals surface area contributed by atoms with Crippen LogP contribution in [0.4, 0.5) is 0 Å². The van der Waals surface area contributed by atoms with E-state index in [1.165, 1.54) is 132 Å². The maximum Gasteiger partial charge on any atom is 0.293 e. The third-order valence-corrected chi connectivity index (χ3v) is 16.5. The fourth-order valence-corrected chi connectivity index (χ4v) is 12.8. The molecule has 0 saturated heterocycles. The van der Waals surface area contributed by atoms with Crippen LogP contribution in [0.15, 0.2) is 303 Å². The van der Waals surface area contributed by atoms with Crippen molar-refractivity contribution in [2.45, 2.75) is 6.73 Å². The Morgan fingerprint density at radius 3 is 0.890 bits per heavy atom. The largest absolute Gasteiger partial charge is 0.429 e. The number of fused-ring (bicyclic) bond motifs is 12. The monoisotopic (exact) mass is 1050 g/mol. The predicted octanol–water partition coefficient (Wildman–Crippen LogP) is 18.9. The van der Waals surface area contributed by atoms with Gasteiger partial charge in [-0.3, -0.25) is 0 Å². The van der Waals surface area contributed by atoms with Crippen LogP contribution >= 0.6 is 0 Å². The van der Waals surface area contributed by atoms with Crippen molar-refractivity contribution in [2.75, 3.05) is 0 Å². The second-order valence-electron chi connectivity index (χ2n) is 21.0. The normalized spacial score (nSPS) is 12.0. The zero-order valence-corrected chi connectivity index (χ0v) is 44.7. The van der Waals surface area contributed by atoms with Crippen LogP contribution in [0.5, 0.6) is 5.75 Å². The van der Waals surface area contributed by atoms with E-state index in [2.05, 4.69) is 302 Å². The molecule has 0 radical (unpaired) electrons. The van der Waals surface area contributed by atoms with Gasteiger partial charge in [0, 0.05) is 71.9 Å². The molecule has 5 aromatic heterocycles. The Morgan fingerprint density at radius 2 is 0.549 bits per heavy atom. The molecule has 82 heavy (non-hydrogen) atoms. The second-order valence-corrected chi connectivity index (χ2v) is 21.0. The highest BCUT2D eigenvalue weighted by Gasteiger charge is 2.22. The SMILES string of the molecule is c1cc(-n2c3ccccc3c3ccccc32)cc(-n2c3ccccc3c3ccccc32)c1.c1cc2c3c(c1)ccc[n+]3CO2.c1ccc2c(c1)c1ccccc1n2-c1ccc(-c2ccc(-n3c4ccccc4c4ccccc43)cc2)cc1. The topological polar surface area (TPSA) is 32.8 Å². The van der Waals surface area contributed by atoms with Gasteiger partial charge in [0.2, 0.25) is 0 Å². The first-order valence-corrected chi connectivity index (χ1v) is 28.0. The first-order chi connectivity index (χ1) is 40.7. The molecule has 18 rings (SSSR count). The van der Waals surface area contributed by atoms with E-state index in [-0.39, 0.29) is 0 Å². The van der Waals surface area contributed by atoms with Gasteiger partial charge in [-0.25, -0.2) is 0 Å². The molecule has 386 valence electrons. The van der Waals surface area contributed by atoms with Crippen molar-refractivity contribution in [3.63, 3.8) is 0 Å². The van der Waals surface area contributed by atoms with Gasteiger partial charge in [0.15, 0.2) is 11.9 Å². The van der Waals surface area contributed by atoms with E-state index in [1.54, 1.807) is 0 Å². The summed E-state index contributed by atoms with van der Waals surface area (Å²) in [5.74, 6) is 0.994. The molecule has 0 spiro atoms. The number of nitrogens with zero attached hydrogens (tertiary/aromatic N) is 5. The molecular weight excluding hydrogens is 999 g/mol. The molecule has 12 aromatic carbocycles. The van der Waals surface area contributed by atoms with E-state index >= 15 is 0 Å². The van der Waals surface area contributed by atoms with Crippen LogP contribution in [0.2, 0.25) is 0 Å². The lowest BCUT2D eigenvalue weighted by atomic mass is 10.0. The van der Waals surface area contributed by atoms with Gasteiger partial charge in [0.25, 0.3) is 12.2 Å². The number of pyridine rings is 1. The summed E-state index contributed by atoms with van der Waals surface area (Å²) >= 11 is 0. The van der Waals surface area contributed by atoms with Gasteiger partial charge in [-0.05, 0) is 120 Å². The zero-order chi connectivity index (χ0) is 54.1. The Kier molecular flexibility index (Phi) is 11.2. The second kappa shape index (κ2) is 19.4. The number of hydrogen-bond donors (Lipinski definition) is 0. The molecule has 1 aliphatic rings. The molecule has 6 heteroatoms. The standard InChI is InChI=1S/C36H24N2.C30H20N2.C10H8NO/c1-5-13-33-29(9-1)30-10-2-6-14-34(30)37(33)27-21-17-25(18-22-27)26-19-23-28(24-20-26)38-35-15-7-3-11-31(35)32-12-4-8-16-36(32)38;1-5-16-27-23(12-1)24-13-2-6-17-28(24)31(27)21-10-9-11-22(20-21)32-29-18-7-3-14-25(29)26-15-4-8-19-30(26)32;1-3-8-4-2-6-11-7-12-9(5-1)10(8)11/h1-24H;1-20H;1-6H,7H2/q;;+1.